The Morgan fingerprint density at radius 3 is 2.69 bits per heavy atom. The Kier molecular flexibility index (Phi) is 5.63. The number of benzene rings is 2. The zero-order chi connectivity index (χ0) is 18.4. The predicted octanol–water partition coefficient (Wildman–Crippen LogP) is 3.90. The van der Waals surface area contributed by atoms with E-state index in [4.69, 9.17) is 4.74 Å². The predicted molar refractivity (Wildman–Crippen MR) is 104 cm³/mol. The normalized spacial score (nSPS) is 10.4. The summed E-state index contributed by atoms with van der Waals surface area (Å²) < 4.78 is 5.38. The van der Waals surface area contributed by atoms with E-state index in [2.05, 4.69) is 57.9 Å². The molecule has 134 valence electrons. The summed E-state index contributed by atoms with van der Waals surface area (Å²) in [5.74, 6) is 2.05. The Balaban J connectivity index is 1.61. The molecule has 1 heterocycles. The summed E-state index contributed by atoms with van der Waals surface area (Å²) in [5, 5.41) is 14.5. The molecule has 0 bridgehead atoms. The molecule has 2 aromatic carbocycles. The number of anilines is 3. The maximum absolute atomic E-state index is 5.38. The van der Waals surface area contributed by atoms with Crippen LogP contribution < -0.4 is 15.4 Å². The van der Waals surface area contributed by atoms with E-state index < -0.39 is 0 Å². The molecule has 2 N–H and O–H groups in total. The topological polar surface area (TPSA) is 72.0 Å². The molecule has 0 unspecified atom stereocenters. The first-order chi connectivity index (χ1) is 12.7. The molecule has 0 saturated carbocycles. The van der Waals surface area contributed by atoms with Gasteiger partial charge in [-0.2, -0.15) is 10.1 Å². The third-order valence-corrected chi connectivity index (χ3v) is 4.21. The molecule has 26 heavy (non-hydrogen) atoms. The molecule has 0 aliphatic heterocycles. The van der Waals surface area contributed by atoms with Gasteiger partial charge in [0.25, 0.3) is 0 Å². The van der Waals surface area contributed by atoms with Crippen molar-refractivity contribution in [2.75, 3.05) is 24.3 Å². The third-order valence-electron chi connectivity index (χ3n) is 4.21. The SMILES string of the molecule is COc1ccccc1CCNc1cnnc(Nc2ccc(C)c(C)c2)n1. The van der Waals surface area contributed by atoms with Crippen molar-refractivity contribution >= 4 is 17.5 Å². The van der Waals surface area contributed by atoms with Crippen LogP contribution in [0.4, 0.5) is 17.5 Å². The summed E-state index contributed by atoms with van der Waals surface area (Å²) in [4.78, 5) is 4.47. The maximum Gasteiger partial charge on any atom is 0.249 e. The van der Waals surface area contributed by atoms with Crippen molar-refractivity contribution in [3.63, 3.8) is 0 Å². The van der Waals surface area contributed by atoms with Crippen LogP contribution in [0.5, 0.6) is 5.75 Å². The van der Waals surface area contributed by atoms with E-state index in [-0.39, 0.29) is 0 Å². The van der Waals surface area contributed by atoms with E-state index in [0.717, 1.165) is 30.0 Å². The Labute approximate surface area is 153 Å². The largest absolute Gasteiger partial charge is 0.496 e. The third kappa shape index (κ3) is 4.47. The summed E-state index contributed by atoms with van der Waals surface area (Å²) in [6, 6.07) is 14.2. The zero-order valence-electron chi connectivity index (χ0n) is 15.3. The first-order valence-corrected chi connectivity index (χ1v) is 8.55. The summed E-state index contributed by atoms with van der Waals surface area (Å²) in [7, 11) is 1.69. The number of para-hydroxylation sites is 1. The van der Waals surface area contributed by atoms with E-state index in [0.29, 0.717) is 11.8 Å². The van der Waals surface area contributed by atoms with E-state index in [9.17, 15) is 0 Å². The van der Waals surface area contributed by atoms with Crippen molar-refractivity contribution in [2.24, 2.45) is 0 Å². The fourth-order valence-electron chi connectivity index (χ4n) is 2.62. The standard InChI is InChI=1S/C20H23N5O/c1-14-8-9-17(12-15(14)2)23-20-24-19(13-22-25-20)21-11-10-16-6-4-5-7-18(16)26-3/h4-9,12-13H,10-11H2,1-3H3,(H2,21,23,24,25). The number of rotatable bonds is 7. The molecule has 0 radical (unpaired) electrons. The second-order valence-electron chi connectivity index (χ2n) is 6.08. The molecule has 1 aromatic heterocycles. The van der Waals surface area contributed by atoms with Gasteiger partial charge >= 0.3 is 0 Å². The number of methoxy groups -OCH3 is 1. The van der Waals surface area contributed by atoms with Gasteiger partial charge in [-0.3, -0.25) is 0 Å². The van der Waals surface area contributed by atoms with Crippen LogP contribution in [0.15, 0.2) is 48.7 Å². The minimum Gasteiger partial charge on any atom is -0.496 e. The summed E-state index contributed by atoms with van der Waals surface area (Å²) in [5.41, 5.74) is 4.56. The van der Waals surface area contributed by atoms with Crippen LogP contribution in [0, 0.1) is 13.8 Å². The fourth-order valence-corrected chi connectivity index (χ4v) is 2.62. The van der Waals surface area contributed by atoms with Crippen molar-refractivity contribution in [1.29, 1.82) is 0 Å². The van der Waals surface area contributed by atoms with Gasteiger partial charge in [-0.05, 0) is 55.2 Å². The second-order valence-corrected chi connectivity index (χ2v) is 6.08. The molecule has 0 atom stereocenters. The van der Waals surface area contributed by atoms with Gasteiger partial charge in [0.15, 0.2) is 5.82 Å². The molecular formula is C20H23N5O. The second kappa shape index (κ2) is 8.29. The Hall–Kier alpha value is -3.15. The van der Waals surface area contributed by atoms with Crippen molar-refractivity contribution in [3.05, 3.63) is 65.4 Å². The molecule has 3 rings (SSSR count). The molecule has 3 aromatic rings. The van der Waals surface area contributed by atoms with Crippen molar-refractivity contribution in [2.45, 2.75) is 20.3 Å². The number of hydrogen-bond donors (Lipinski definition) is 2. The lowest BCUT2D eigenvalue weighted by atomic mass is 10.1. The van der Waals surface area contributed by atoms with Gasteiger partial charge in [0.2, 0.25) is 5.95 Å². The molecule has 0 saturated heterocycles. The molecule has 6 nitrogen and oxygen atoms in total. The number of aryl methyl sites for hydroxylation is 2. The minimum atomic E-state index is 0.468. The fraction of sp³-hybridized carbons (Fsp3) is 0.250. The molecule has 0 amide bonds. The number of ether oxygens (including phenoxy) is 1. The van der Waals surface area contributed by atoms with E-state index >= 15 is 0 Å². The van der Waals surface area contributed by atoms with Crippen LogP contribution in [0.2, 0.25) is 0 Å². The quantitative estimate of drug-likeness (QED) is 0.674. The number of aromatic nitrogens is 3. The molecule has 6 heteroatoms. The lowest BCUT2D eigenvalue weighted by Crippen LogP contribution is -2.09. The zero-order valence-corrected chi connectivity index (χ0v) is 15.3. The average molecular weight is 349 g/mol. The highest BCUT2D eigenvalue weighted by Crippen LogP contribution is 2.19. The van der Waals surface area contributed by atoms with Gasteiger partial charge in [-0.15, -0.1) is 5.10 Å². The lowest BCUT2D eigenvalue weighted by Gasteiger charge is -2.10. The highest BCUT2D eigenvalue weighted by molar-refractivity contribution is 5.56. The first-order valence-electron chi connectivity index (χ1n) is 8.55. The Bertz CT molecular complexity index is 882. The van der Waals surface area contributed by atoms with Gasteiger partial charge in [0.05, 0.1) is 13.3 Å². The van der Waals surface area contributed by atoms with Crippen LogP contribution in [0.1, 0.15) is 16.7 Å². The van der Waals surface area contributed by atoms with Crippen LogP contribution in [-0.2, 0) is 6.42 Å². The van der Waals surface area contributed by atoms with Gasteiger partial charge in [-0.1, -0.05) is 24.3 Å². The van der Waals surface area contributed by atoms with Crippen molar-refractivity contribution < 1.29 is 4.74 Å². The van der Waals surface area contributed by atoms with Gasteiger partial charge in [0, 0.05) is 12.2 Å². The minimum absolute atomic E-state index is 0.468. The number of nitrogens with one attached hydrogen (secondary N) is 2. The molecule has 0 aliphatic rings. The Morgan fingerprint density at radius 1 is 1.04 bits per heavy atom. The maximum atomic E-state index is 5.38. The molecule has 0 aliphatic carbocycles. The Morgan fingerprint density at radius 2 is 1.88 bits per heavy atom. The average Bonchev–Trinajstić information content (AvgIpc) is 2.65. The number of nitrogens with zero attached hydrogens (tertiary/aromatic N) is 3. The molecule has 0 fully saturated rings. The smallest absolute Gasteiger partial charge is 0.249 e. The monoisotopic (exact) mass is 349 g/mol. The van der Waals surface area contributed by atoms with Gasteiger partial charge in [0.1, 0.15) is 5.75 Å². The van der Waals surface area contributed by atoms with Crippen LogP contribution in [0.3, 0.4) is 0 Å². The number of hydrogen-bond acceptors (Lipinski definition) is 6. The lowest BCUT2D eigenvalue weighted by molar-refractivity contribution is 0.410. The van der Waals surface area contributed by atoms with E-state index in [1.165, 1.54) is 11.1 Å². The summed E-state index contributed by atoms with van der Waals surface area (Å²) in [6.45, 7) is 4.89. The first kappa shape index (κ1) is 17.7. The molecule has 0 spiro atoms. The summed E-state index contributed by atoms with van der Waals surface area (Å²) >= 11 is 0. The van der Waals surface area contributed by atoms with Crippen LogP contribution in [-0.4, -0.2) is 28.8 Å². The van der Waals surface area contributed by atoms with Crippen molar-refractivity contribution in [3.8, 4) is 5.75 Å². The van der Waals surface area contributed by atoms with Crippen molar-refractivity contribution in [1.82, 2.24) is 15.2 Å². The van der Waals surface area contributed by atoms with Crippen LogP contribution >= 0.6 is 0 Å². The summed E-state index contributed by atoms with van der Waals surface area (Å²) in [6.07, 6.45) is 2.45. The van der Waals surface area contributed by atoms with Gasteiger partial charge in [-0.25, -0.2) is 0 Å². The van der Waals surface area contributed by atoms with Crippen LogP contribution in [0.25, 0.3) is 0 Å². The highest BCUT2D eigenvalue weighted by Gasteiger charge is 2.04. The van der Waals surface area contributed by atoms with E-state index in [1.54, 1.807) is 13.3 Å². The highest BCUT2D eigenvalue weighted by atomic mass is 16.5. The molecular weight excluding hydrogens is 326 g/mol. The van der Waals surface area contributed by atoms with E-state index in [1.807, 2.05) is 24.3 Å². The van der Waals surface area contributed by atoms with Gasteiger partial charge < -0.3 is 15.4 Å².